The molecule has 7 heteroatoms. The minimum Gasteiger partial charge on any atom is -0.438 e. The van der Waals surface area contributed by atoms with E-state index >= 15 is 0 Å². The molecule has 2 aromatic carbocycles. The van der Waals surface area contributed by atoms with Crippen LogP contribution in [0.15, 0.2) is 71.5 Å². The van der Waals surface area contributed by atoms with Crippen molar-refractivity contribution >= 4 is 39.2 Å². The van der Waals surface area contributed by atoms with E-state index in [0.717, 1.165) is 45.2 Å². The topological polar surface area (TPSA) is 53.1 Å². The number of hydrogen-bond acceptors (Lipinski definition) is 3. The quantitative estimate of drug-likeness (QED) is 0.379. The average Bonchev–Trinajstić information content (AvgIpc) is 3.04. The Morgan fingerprint density at radius 2 is 1.86 bits per heavy atom. The Morgan fingerprint density at radius 1 is 1.07 bits per heavy atom. The number of aryl methyl sites for hydroxylation is 2. The molecule has 2 N–H and O–H groups in total. The predicted molar refractivity (Wildman–Crippen MR) is 119 cm³/mol. The summed E-state index contributed by atoms with van der Waals surface area (Å²) in [5.74, 6) is 1.03. The van der Waals surface area contributed by atoms with Crippen LogP contribution in [-0.2, 0) is 19.5 Å². The van der Waals surface area contributed by atoms with E-state index in [-0.39, 0.29) is 18.2 Å². The van der Waals surface area contributed by atoms with Crippen LogP contribution in [-0.4, -0.2) is 9.55 Å². The third-order valence-corrected chi connectivity index (χ3v) is 5.23. The lowest BCUT2D eigenvalue weighted by atomic mass is 10.1. The molecular formula is C22H20BrClFN3O. The van der Waals surface area contributed by atoms with Crippen LogP contribution in [0.4, 0.5) is 4.39 Å². The van der Waals surface area contributed by atoms with Crippen LogP contribution in [0, 0.1) is 5.82 Å². The molecule has 0 bridgehead atoms. The Kier molecular flexibility index (Phi) is 6.90. The molecule has 0 aliphatic rings. The molecule has 2 aromatic heterocycles. The molecule has 4 rings (SSSR count). The summed E-state index contributed by atoms with van der Waals surface area (Å²) in [4.78, 5) is 4.28. The summed E-state index contributed by atoms with van der Waals surface area (Å²) >= 11 is 3.66. The summed E-state index contributed by atoms with van der Waals surface area (Å²) in [5, 5.41) is 0.988. The van der Waals surface area contributed by atoms with Crippen LogP contribution >= 0.6 is 28.3 Å². The van der Waals surface area contributed by atoms with Crippen LogP contribution in [0.1, 0.15) is 11.1 Å². The zero-order valence-electron chi connectivity index (χ0n) is 15.5. The summed E-state index contributed by atoms with van der Waals surface area (Å²) < 4.78 is 22.3. The lowest BCUT2D eigenvalue weighted by Crippen LogP contribution is -2.00. The molecule has 0 spiro atoms. The van der Waals surface area contributed by atoms with E-state index in [0.29, 0.717) is 12.4 Å². The molecule has 2 heterocycles. The van der Waals surface area contributed by atoms with Crippen molar-refractivity contribution in [2.24, 2.45) is 5.73 Å². The molecule has 0 amide bonds. The van der Waals surface area contributed by atoms with Gasteiger partial charge in [-0.2, -0.15) is 0 Å². The van der Waals surface area contributed by atoms with Gasteiger partial charge in [-0.05, 0) is 63.8 Å². The summed E-state index contributed by atoms with van der Waals surface area (Å²) in [5.41, 5.74) is 8.82. The van der Waals surface area contributed by atoms with E-state index in [2.05, 4.69) is 31.5 Å². The molecule has 0 atom stereocenters. The smallest absolute Gasteiger partial charge is 0.219 e. The maximum absolute atomic E-state index is 13.1. The Hall–Kier alpha value is -2.41. The summed E-state index contributed by atoms with van der Waals surface area (Å²) in [6.07, 6.45) is 4.55. The first-order valence-corrected chi connectivity index (χ1v) is 9.78. The van der Waals surface area contributed by atoms with Crippen LogP contribution in [0.25, 0.3) is 10.9 Å². The summed E-state index contributed by atoms with van der Waals surface area (Å²) in [7, 11) is 0. The van der Waals surface area contributed by atoms with Crippen molar-refractivity contribution in [2.45, 2.75) is 19.5 Å². The molecule has 29 heavy (non-hydrogen) atoms. The van der Waals surface area contributed by atoms with E-state index in [1.807, 2.05) is 42.6 Å². The monoisotopic (exact) mass is 475 g/mol. The number of benzene rings is 2. The van der Waals surface area contributed by atoms with E-state index in [9.17, 15) is 4.39 Å². The number of rotatable bonds is 6. The highest BCUT2D eigenvalue weighted by Gasteiger charge is 2.13. The number of pyridine rings is 1. The standard InChI is InChI=1S/C22H19BrFN3O.ClH/c23-18-14-27(11-9-15-4-6-17(24)7-5-15)19-2-1-3-20(22(18)19)28-21-12-16(13-25)8-10-26-21;/h1-8,10,12,14H,9,11,13,25H2;1H. The SMILES string of the molecule is Cl.NCc1ccnc(Oc2cccc3c2c(Br)cn3CCc2ccc(F)cc2)c1. The molecule has 0 saturated heterocycles. The number of hydrogen-bond donors (Lipinski definition) is 1. The number of ether oxygens (including phenoxy) is 1. The van der Waals surface area contributed by atoms with Gasteiger partial charge in [-0.3, -0.25) is 0 Å². The molecule has 0 unspecified atom stereocenters. The zero-order valence-corrected chi connectivity index (χ0v) is 17.9. The van der Waals surface area contributed by atoms with Crippen molar-refractivity contribution < 1.29 is 9.13 Å². The molecule has 0 saturated carbocycles. The van der Waals surface area contributed by atoms with Gasteiger partial charge in [-0.1, -0.05) is 18.2 Å². The molecule has 0 aliphatic heterocycles. The minimum absolute atomic E-state index is 0. The molecule has 0 aliphatic carbocycles. The van der Waals surface area contributed by atoms with Gasteiger partial charge in [0, 0.05) is 36.0 Å². The second-order valence-electron chi connectivity index (χ2n) is 6.51. The maximum atomic E-state index is 13.1. The minimum atomic E-state index is -0.216. The second kappa shape index (κ2) is 9.39. The average molecular weight is 477 g/mol. The normalized spacial score (nSPS) is 10.7. The fourth-order valence-electron chi connectivity index (χ4n) is 3.19. The molecule has 0 fully saturated rings. The van der Waals surface area contributed by atoms with Gasteiger partial charge < -0.3 is 15.0 Å². The molecule has 150 valence electrons. The number of halogens is 3. The first-order chi connectivity index (χ1) is 13.6. The molecule has 4 nitrogen and oxygen atoms in total. The van der Waals surface area contributed by atoms with E-state index in [1.54, 1.807) is 6.20 Å². The first-order valence-electron chi connectivity index (χ1n) is 8.98. The van der Waals surface area contributed by atoms with Crippen molar-refractivity contribution in [3.05, 3.63) is 88.4 Å². The molecule has 0 radical (unpaired) electrons. The van der Waals surface area contributed by atoms with Gasteiger partial charge in [-0.15, -0.1) is 12.4 Å². The molecular weight excluding hydrogens is 457 g/mol. The van der Waals surface area contributed by atoms with E-state index in [4.69, 9.17) is 10.5 Å². The van der Waals surface area contributed by atoms with E-state index in [1.165, 1.54) is 12.1 Å². The van der Waals surface area contributed by atoms with Crippen molar-refractivity contribution in [3.8, 4) is 11.6 Å². The van der Waals surface area contributed by atoms with Gasteiger partial charge in [-0.25, -0.2) is 9.37 Å². The van der Waals surface area contributed by atoms with Gasteiger partial charge in [0.15, 0.2) is 0 Å². The van der Waals surface area contributed by atoms with Crippen LogP contribution < -0.4 is 10.5 Å². The van der Waals surface area contributed by atoms with Crippen molar-refractivity contribution in [2.75, 3.05) is 0 Å². The Balaban J connectivity index is 0.00000240. The van der Waals surface area contributed by atoms with Gasteiger partial charge in [0.25, 0.3) is 0 Å². The Bertz CT molecular complexity index is 1110. The Labute approximate surface area is 183 Å². The number of aromatic nitrogens is 2. The summed E-state index contributed by atoms with van der Waals surface area (Å²) in [6.45, 7) is 1.21. The highest BCUT2D eigenvalue weighted by atomic mass is 79.9. The van der Waals surface area contributed by atoms with Crippen LogP contribution in [0.3, 0.4) is 0 Å². The van der Waals surface area contributed by atoms with Gasteiger partial charge in [0.2, 0.25) is 5.88 Å². The fourth-order valence-corrected chi connectivity index (χ4v) is 3.83. The van der Waals surface area contributed by atoms with Crippen LogP contribution in [0.5, 0.6) is 11.6 Å². The second-order valence-corrected chi connectivity index (χ2v) is 7.36. The van der Waals surface area contributed by atoms with Crippen molar-refractivity contribution in [3.63, 3.8) is 0 Å². The highest BCUT2D eigenvalue weighted by molar-refractivity contribution is 9.10. The lowest BCUT2D eigenvalue weighted by molar-refractivity contribution is 0.467. The zero-order chi connectivity index (χ0) is 19.5. The predicted octanol–water partition coefficient (Wildman–Crippen LogP) is 5.85. The third-order valence-electron chi connectivity index (χ3n) is 4.63. The van der Waals surface area contributed by atoms with Gasteiger partial charge in [0.1, 0.15) is 11.6 Å². The van der Waals surface area contributed by atoms with Gasteiger partial charge >= 0.3 is 0 Å². The third kappa shape index (κ3) is 4.78. The fraction of sp³-hybridized carbons (Fsp3) is 0.136. The Morgan fingerprint density at radius 3 is 2.62 bits per heavy atom. The largest absolute Gasteiger partial charge is 0.438 e. The summed E-state index contributed by atoms with van der Waals surface area (Å²) in [6, 6.07) is 16.3. The van der Waals surface area contributed by atoms with Crippen molar-refractivity contribution in [1.29, 1.82) is 0 Å². The number of fused-ring (bicyclic) bond motifs is 1. The maximum Gasteiger partial charge on any atom is 0.219 e. The van der Waals surface area contributed by atoms with E-state index < -0.39 is 0 Å². The number of nitrogens with zero attached hydrogens (tertiary/aromatic N) is 2. The van der Waals surface area contributed by atoms with Crippen molar-refractivity contribution in [1.82, 2.24) is 9.55 Å². The van der Waals surface area contributed by atoms with Gasteiger partial charge in [0.05, 0.1) is 10.9 Å². The molecule has 4 aromatic rings. The first kappa shape index (κ1) is 21.3. The lowest BCUT2D eigenvalue weighted by Gasteiger charge is -2.09. The number of nitrogens with two attached hydrogens (primary N) is 1. The van der Waals surface area contributed by atoms with Crippen LogP contribution in [0.2, 0.25) is 0 Å². The highest BCUT2D eigenvalue weighted by Crippen LogP contribution is 2.36.